The number of methoxy groups -OCH3 is 1. The summed E-state index contributed by atoms with van der Waals surface area (Å²) in [5.41, 5.74) is 4.21. The van der Waals surface area contributed by atoms with Crippen LogP contribution < -0.4 is 10.1 Å². The number of nitrogens with one attached hydrogen (secondary N) is 1. The number of amides is 1. The van der Waals surface area contributed by atoms with Crippen LogP contribution >= 0.6 is 11.3 Å². The van der Waals surface area contributed by atoms with Crippen molar-refractivity contribution < 1.29 is 9.53 Å². The Hall–Kier alpha value is -3.12. The lowest BCUT2D eigenvalue weighted by molar-refractivity contribution is 0.102. The highest BCUT2D eigenvalue weighted by atomic mass is 32.1. The summed E-state index contributed by atoms with van der Waals surface area (Å²) in [6.07, 6.45) is 1.89. The number of ether oxygens (including phenoxy) is 1. The Morgan fingerprint density at radius 1 is 1.15 bits per heavy atom. The van der Waals surface area contributed by atoms with E-state index in [-0.39, 0.29) is 5.91 Å². The predicted octanol–water partition coefficient (Wildman–Crippen LogP) is 4.63. The van der Waals surface area contributed by atoms with Crippen molar-refractivity contribution in [3.63, 3.8) is 0 Å². The van der Waals surface area contributed by atoms with E-state index >= 15 is 0 Å². The van der Waals surface area contributed by atoms with Crippen LogP contribution in [0.3, 0.4) is 0 Å². The molecule has 2 aromatic heterocycles. The Balaban J connectivity index is 1.65. The Morgan fingerprint density at radius 2 is 1.92 bits per heavy atom. The van der Waals surface area contributed by atoms with Gasteiger partial charge in [-0.05, 0) is 42.8 Å². The van der Waals surface area contributed by atoms with Crippen LogP contribution in [0.5, 0.6) is 5.75 Å². The van der Waals surface area contributed by atoms with Gasteiger partial charge in [-0.2, -0.15) is 0 Å². The maximum absolute atomic E-state index is 12.7. The van der Waals surface area contributed by atoms with Gasteiger partial charge in [0.25, 0.3) is 5.91 Å². The molecule has 0 fully saturated rings. The molecule has 0 aliphatic rings. The average molecular weight is 363 g/mol. The molecule has 5 nitrogen and oxygen atoms in total. The molecule has 26 heavy (non-hydrogen) atoms. The van der Waals surface area contributed by atoms with Crippen LogP contribution in [0.1, 0.15) is 16.1 Å². The summed E-state index contributed by atoms with van der Waals surface area (Å²) in [6.45, 7) is 1.97. The number of carbonyl (C=O) groups excluding carboxylic acids is 1. The molecule has 6 heteroatoms. The zero-order chi connectivity index (χ0) is 18.1. The summed E-state index contributed by atoms with van der Waals surface area (Å²) in [7, 11) is 1.64. The molecule has 4 rings (SSSR count). The average Bonchev–Trinajstić information content (AvgIpc) is 3.24. The summed E-state index contributed by atoms with van der Waals surface area (Å²) in [6, 6.07) is 15.4. The highest BCUT2D eigenvalue weighted by Crippen LogP contribution is 2.26. The van der Waals surface area contributed by atoms with Crippen LogP contribution in [0.2, 0.25) is 0 Å². The number of fused-ring (bicyclic) bond motifs is 1. The van der Waals surface area contributed by atoms with Gasteiger partial charge in [-0.1, -0.05) is 18.2 Å². The fraction of sp³-hybridized carbons (Fsp3) is 0.100. The van der Waals surface area contributed by atoms with E-state index in [0.29, 0.717) is 5.69 Å². The molecule has 0 spiro atoms. The highest BCUT2D eigenvalue weighted by molar-refractivity contribution is 7.15. The molecular weight excluding hydrogens is 346 g/mol. The fourth-order valence-corrected chi connectivity index (χ4v) is 3.60. The summed E-state index contributed by atoms with van der Waals surface area (Å²) in [4.78, 5) is 18.1. The standard InChI is InChI=1S/C20H17N3O2S/c1-13-5-3-4-6-16(13)21-19(24)18-12-26-20-22-17(11-23(18)20)14-7-9-15(25-2)10-8-14/h3-12H,1-2H3,(H,21,24). The number of carbonyl (C=O) groups is 1. The molecule has 0 saturated carbocycles. The number of aromatic nitrogens is 2. The first kappa shape index (κ1) is 16.4. The van der Waals surface area contributed by atoms with Crippen molar-refractivity contribution in [3.8, 4) is 17.0 Å². The van der Waals surface area contributed by atoms with Crippen molar-refractivity contribution in [2.24, 2.45) is 0 Å². The third kappa shape index (κ3) is 2.95. The van der Waals surface area contributed by atoms with E-state index < -0.39 is 0 Å². The van der Waals surface area contributed by atoms with Crippen molar-refractivity contribution in [3.05, 3.63) is 71.4 Å². The number of para-hydroxylation sites is 1. The van der Waals surface area contributed by atoms with Gasteiger partial charge in [0, 0.05) is 22.8 Å². The lowest BCUT2D eigenvalue weighted by Crippen LogP contribution is -2.14. The summed E-state index contributed by atoms with van der Waals surface area (Å²) < 4.78 is 7.02. The van der Waals surface area contributed by atoms with Crippen LogP contribution in [0.15, 0.2) is 60.1 Å². The second-order valence-corrected chi connectivity index (χ2v) is 6.73. The molecule has 0 saturated heterocycles. The van der Waals surface area contributed by atoms with E-state index in [1.165, 1.54) is 11.3 Å². The zero-order valence-corrected chi connectivity index (χ0v) is 15.2. The number of imidazole rings is 1. The van der Waals surface area contributed by atoms with Crippen LogP contribution in [-0.4, -0.2) is 22.4 Å². The monoisotopic (exact) mass is 363 g/mol. The van der Waals surface area contributed by atoms with E-state index in [0.717, 1.165) is 33.2 Å². The number of benzene rings is 2. The van der Waals surface area contributed by atoms with Gasteiger partial charge < -0.3 is 10.1 Å². The minimum atomic E-state index is -0.149. The maximum atomic E-state index is 12.7. The van der Waals surface area contributed by atoms with E-state index in [2.05, 4.69) is 10.3 Å². The molecule has 1 N–H and O–H groups in total. The second kappa shape index (κ2) is 6.65. The molecule has 130 valence electrons. The molecule has 0 bridgehead atoms. The topological polar surface area (TPSA) is 55.6 Å². The van der Waals surface area contributed by atoms with Crippen LogP contribution in [0, 0.1) is 6.92 Å². The molecule has 0 atom stereocenters. The lowest BCUT2D eigenvalue weighted by Gasteiger charge is -2.07. The van der Waals surface area contributed by atoms with Crippen LogP contribution in [-0.2, 0) is 0 Å². The van der Waals surface area contributed by atoms with E-state index in [9.17, 15) is 4.79 Å². The minimum Gasteiger partial charge on any atom is -0.497 e. The molecule has 0 aliphatic heterocycles. The minimum absolute atomic E-state index is 0.149. The Labute approximate surface area is 154 Å². The number of nitrogens with zero attached hydrogens (tertiary/aromatic N) is 2. The highest BCUT2D eigenvalue weighted by Gasteiger charge is 2.16. The van der Waals surface area contributed by atoms with Gasteiger partial charge in [0.15, 0.2) is 4.96 Å². The maximum Gasteiger partial charge on any atom is 0.273 e. The van der Waals surface area contributed by atoms with E-state index in [1.807, 2.05) is 71.4 Å². The van der Waals surface area contributed by atoms with Gasteiger partial charge >= 0.3 is 0 Å². The number of thiazole rings is 1. The summed E-state index contributed by atoms with van der Waals surface area (Å²) in [5.74, 6) is 0.650. The SMILES string of the molecule is COc1ccc(-c2cn3c(C(=O)Nc4ccccc4C)csc3n2)cc1. The van der Waals surface area contributed by atoms with Crippen molar-refractivity contribution in [1.29, 1.82) is 0 Å². The van der Waals surface area contributed by atoms with Crippen molar-refractivity contribution in [2.45, 2.75) is 6.92 Å². The third-order valence-electron chi connectivity index (χ3n) is 4.22. The fourth-order valence-electron chi connectivity index (χ4n) is 2.75. The second-order valence-electron chi connectivity index (χ2n) is 5.90. The summed E-state index contributed by atoms with van der Waals surface area (Å²) in [5, 5.41) is 4.80. The van der Waals surface area contributed by atoms with Gasteiger partial charge in [-0.25, -0.2) is 4.98 Å². The molecule has 2 heterocycles. The van der Waals surface area contributed by atoms with E-state index in [4.69, 9.17) is 4.74 Å². The van der Waals surface area contributed by atoms with Crippen LogP contribution in [0.25, 0.3) is 16.2 Å². The Morgan fingerprint density at radius 3 is 2.65 bits per heavy atom. The van der Waals surface area contributed by atoms with Gasteiger partial charge in [0.2, 0.25) is 0 Å². The molecular formula is C20H17N3O2S. The van der Waals surface area contributed by atoms with Gasteiger partial charge in [-0.3, -0.25) is 9.20 Å². The smallest absolute Gasteiger partial charge is 0.273 e. The lowest BCUT2D eigenvalue weighted by atomic mass is 10.2. The van der Waals surface area contributed by atoms with Crippen molar-refractivity contribution in [1.82, 2.24) is 9.38 Å². The Bertz CT molecular complexity index is 1080. The first-order valence-corrected chi connectivity index (χ1v) is 9.01. The zero-order valence-electron chi connectivity index (χ0n) is 14.4. The molecule has 0 aliphatic carbocycles. The molecule has 0 unspecified atom stereocenters. The number of rotatable bonds is 4. The molecule has 0 radical (unpaired) electrons. The number of hydrogen-bond acceptors (Lipinski definition) is 4. The quantitative estimate of drug-likeness (QED) is 0.575. The predicted molar refractivity (Wildman–Crippen MR) is 104 cm³/mol. The number of aryl methyl sites for hydroxylation is 1. The van der Waals surface area contributed by atoms with Crippen LogP contribution in [0.4, 0.5) is 5.69 Å². The Kier molecular flexibility index (Phi) is 4.18. The number of anilines is 1. The van der Waals surface area contributed by atoms with Gasteiger partial charge in [0.1, 0.15) is 11.4 Å². The first-order valence-electron chi connectivity index (χ1n) is 8.14. The normalized spacial score (nSPS) is 10.8. The summed E-state index contributed by atoms with van der Waals surface area (Å²) >= 11 is 1.45. The third-order valence-corrected chi connectivity index (χ3v) is 5.06. The molecule has 1 amide bonds. The van der Waals surface area contributed by atoms with Gasteiger partial charge in [-0.15, -0.1) is 11.3 Å². The molecule has 4 aromatic rings. The van der Waals surface area contributed by atoms with Crippen molar-refractivity contribution >= 4 is 27.9 Å². The first-order chi connectivity index (χ1) is 12.7. The molecule has 2 aromatic carbocycles. The van der Waals surface area contributed by atoms with E-state index in [1.54, 1.807) is 7.11 Å². The van der Waals surface area contributed by atoms with Gasteiger partial charge in [0.05, 0.1) is 12.8 Å². The number of hydrogen-bond donors (Lipinski definition) is 1. The largest absolute Gasteiger partial charge is 0.497 e. The van der Waals surface area contributed by atoms with Crippen molar-refractivity contribution in [2.75, 3.05) is 12.4 Å².